The zero-order valence-electron chi connectivity index (χ0n) is 56.7. The van der Waals surface area contributed by atoms with Gasteiger partial charge >= 0.3 is 45.6 Å². The lowest BCUT2D eigenvalue weighted by Gasteiger charge is -2.52. The molecule has 570 valence electrons. The molecular weight excluding hydrogens is 1470 g/mol. The van der Waals surface area contributed by atoms with Gasteiger partial charge in [0.25, 0.3) is 0 Å². The fourth-order valence-electron chi connectivity index (χ4n) is 14.0. The van der Waals surface area contributed by atoms with Gasteiger partial charge in [0.2, 0.25) is 0 Å². The summed E-state index contributed by atoms with van der Waals surface area (Å²) in [4.78, 5) is 106. The summed E-state index contributed by atoms with van der Waals surface area (Å²) >= 11 is 0. The zero-order chi connectivity index (χ0) is 75.4. The summed E-state index contributed by atoms with van der Waals surface area (Å²) in [7, 11) is 1.15. The number of fused-ring (bicyclic) bond motifs is 14. The Balaban J connectivity index is 0.000000170. The van der Waals surface area contributed by atoms with Gasteiger partial charge in [-0.1, -0.05) is 6.92 Å². The van der Waals surface area contributed by atoms with E-state index in [0.29, 0.717) is 45.5 Å². The molecule has 12 unspecified atom stereocenters. The third-order valence-electron chi connectivity index (χ3n) is 18.5. The molecule has 0 amide bonds. The molecule has 24 atom stereocenters. The summed E-state index contributed by atoms with van der Waals surface area (Å²) in [6.45, 7) is 7.82. The lowest BCUT2D eigenvalue weighted by Crippen LogP contribution is -2.64. The minimum Gasteiger partial charge on any atom is -0.379 e. The van der Waals surface area contributed by atoms with Gasteiger partial charge in [-0.05, 0) is 56.7 Å². The van der Waals surface area contributed by atoms with Crippen LogP contribution in [0.5, 0.6) is 0 Å². The lowest BCUT2D eigenvalue weighted by atomic mass is 9.78. The minimum atomic E-state index is -4.24. The molecule has 6 radical (unpaired) electrons. The molecule has 14 heterocycles. The fourth-order valence-corrected chi connectivity index (χ4v) is 16.7. The van der Waals surface area contributed by atoms with Crippen molar-refractivity contribution in [1.82, 2.24) is 0 Å². The van der Waals surface area contributed by atoms with E-state index in [-0.39, 0.29) is 99.5 Å². The first-order valence-electron chi connectivity index (χ1n) is 31.4. The highest BCUT2D eigenvalue weighted by Crippen LogP contribution is 2.51. The van der Waals surface area contributed by atoms with E-state index in [1.54, 1.807) is 14.2 Å². The Morgan fingerprint density at radius 3 is 1.33 bits per heavy atom. The topological polar surface area (TPSA) is 511 Å². The van der Waals surface area contributed by atoms with Crippen LogP contribution in [0, 0.1) is 5.92 Å². The summed E-state index contributed by atoms with van der Waals surface area (Å²) in [5, 5.41) is 0. The molecule has 0 aliphatic carbocycles. The average Bonchev–Trinajstić information content (AvgIpc) is 1.37. The van der Waals surface area contributed by atoms with E-state index < -0.39 is 116 Å². The maximum atomic E-state index is 10.9. The summed E-state index contributed by atoms with van der Waals surface area (Å²) in [6.07, 6.45) is 6.76. The van der Waals surface area contributed by atoms with Gasteiger partial charge in [-0.15, -0.1) is 0 Å². The summed E-state index contributed by atoms with van der Waals surface area (Å²) in [6, 6.07) is -1.77. The molecule has 0 saturated carbocycles. The van der Waals surface area contributed by atoms with Crippen LogP contribution in [0.1, 0.15) is 46.5 Å². The highest BCUT2D eigenvalue weighted by molar-refractivity contribution is 7.56. The van der Waals surface area contributed by atoms with Crippen molar-refractivity contribution < 1.29 is 171 Å². The van der Waals surface area contributed by atoms with Crippen LogP contribution in [0.2, 0.25) is 0 Å². The molecule has 12 bridgehead atoms. The predicted molar refractivity (Wildman–Crippen MR) is 353 cm³/mol. The van der Waals surface area contributed by atoms with Crippen LogP contribution in [0.4, 0.5) is 0 Å². The normalized spacial score (nSPS) is 42.4. The Kier molecular flexibility index (Phi) is 29.6. The molecule has 14 aliphatic heterocycles. The Morgan fingerprint density at radius 1 is 0.396 bits per heavy atom. The van der Waals surface area contributed by atoms with E-state index in [1.807, 2.05) is 20.8 Å². The van der Waals surface area contributed by atoms with Crippen LogP contribution < -0.4 is 0 Å². The second-order valence-electron chi connectivity index (χ2n) is 25.9. The lowest BCUT2D eigenvalue weighted by molar-refractivity contribution is -0.284. The van der Waals surface area contributed by atoms with E-state index in [0.717, 1.165) is 34.9 Å². The van der Waals surface area contributed by atoms with Gasteiger partial charge in [-0.3, -0.25) is 27.4 Å². The molecule has 0 aromatic carbocycles. The van der Waals surface area contributed by atoms with Gasteiger partial charge in [0.05, 0.1) is 89.0 Å². The Labute approximate surface area is 587 Å². The third kappa shape index (κ3) is 22.3. The minimum absolute atomic E-state index is 0.0878. The smallest absolute Gasteiger partial charge is 0.348 e. The van der Waals surface area contributed by atoms with Gasteiger partial charge in [-0.25, -0.2) is 0 Å². The molecule has 14 aliphatic rings. The van der Waals surface area contributed by atoms with Crippen LogP contribution in [0.3, 0.4) is 0 Å². The van der Waals surface area contributed by atoms with Gasteiger partial charge in [0.15, 0.2) is 0 Å². The van der Waals surface area contributed by atoms with Crippen LogP contribution in [-0.2, 0) is 113 Å². The van der Waals surface area contributed by atoms with Crippen molar-refractivity contribution in [2.45, 2.75) is 184 Å². The molecular formula is C56H91B3O36P6. The van der Waals surface area contributed by atoms with Crippen molar-refractivity contribution in [3.8, 4) is 0 Å². The van der Waals surface area contributed by atoms with Crippen molar-refractivity contribution in [2.75, 3.05) is 88.9 Å². The third-order valence-corrected chi connectivity index (χ3v) is 21.8. The van der Waals surface area contributed by atoms with Gasteiger partial charge in [0, 0.05) is 121 Å². The first-order valence-corrected chi connectivity index (χ1v) is 41.5. The van der Waals surface area contributed by atoms with E-state index in [9.17, 15) is 27.4 Å². The van der Waals surface area contributed by atoms with Crippen molar-refractivity contribution >= 4 is 69.1 Å². The number of hydrogen-bond acceptors (Lipinski definition) is 24. The maximum absolute atomic E-state index is 10.9. The highest BCUT2D eigenvalue weighted by atomic mass is 31.2. The quantitative estimate of drug-likeness (QED) is 0.0661. The number of rotatable bonds is 18. The first-order chi connectivity index (χ1) is 46.7. The molecule has 14 fully saturated rings. The van der Waals surface area contributed by atoms with Crippen LogP contribution in [0.25, 0.3) is 0 Å². The number of ether oxygens (including phenoxy) is 18. The van der Waals surface area contributed by atoms with E-state index >= 15 is 0 Å². The van der Waals surface area contributed by atoms with Crippen molar-refractivity contribution in [1.29, 1.82) is 0 Å². The molecule has 14 rings (SSSR count). The molecule has 12 N–H and O–H groups in total. The maximum Gasteiger partial charge on any atom is 0.348 e. The van der Waals surface area contributed by atoms with E-state index in [2.05, 4.69) is 0 Å². The number of methoxy groups -OCH3 is 6. The van der Waals surface area contributed by atoms with E-state index in [4.69, 9.17) is 168 Å². The molecule has 45 heteroatoms. The van der Waals surface area contributed by atoms with Crippen molar-refractivity contribution in [3.05, 3.63) is 71.4 Å². The second kappa shape index (κ2) is 34.4. The van der Waals surface area contributed by atoms with Crippen LogP contribution >= 0.6 is 45.6 Å². The van der Waals surface area contributed by atoms with Crippen LogP contribution in [0.15, 0.2) is 71.4 Å². The summed E-state index contributed by atoms with van der Waals surface area (Å²) in [5.74, 6) is 5.24. The van der Waals surface area contributed by atoms with Gasteiger partial charge in [-0.2, -0.15) is 0 Å². The van der Waals surface area contributed by atoms with Crippen molar-refractivity contribution in [2.24, 2.45) is 5.92 Å². The second-order valence-corrected chi connectivity index (χ2v) is 34.8. The van der Waals surface area contributed by atoms with Gasteiger partial charge < -0.3 is 144 Å². The molecule has 0 spiro atoms. The fraction of sp³-hybridized carbons (Fsp3) is 0.786. The van der Waals surface area contributed by atoms with Gasteiger partial charge in [0.1, 0.15) is 99.9 Å². The Bertz CT molecular complexity index is 3180. The van der Waals surface area contributed by atoms with Crippen molar-refractivity contribution in [3.63, 3.8) is 0 Å². The molecule has 0 aromatic rings. The zero-order valence-corrected chi connectivity index (χ0v) is 62.0. The molecule has 14 saturated heterocycles. The largest absolute Gasteiger partial charge is 0.379 e. The standard InChI is InChI=1S/2C10H17O6P.3C9H14BO6P.C9H15O6P/c1-7-9-8(14-2)5-10(16-7,6-15-9)3-4-17(11,12)13;1-7-5-16-10(3-4-17(11,12)13)6-15-8(7)9(10)14-2;1-14-7-6-8(10)16-9(7,2-4-15-6)3-5-17(11,12)13;1-14-8-6-4-7(10)16-9(8,5-15-6)2-3-17(11,12)13;1-14-7-4-6-8(10)16-9(7,5-15-6)2-3-17(11,12)13;1-6-7-8(13-2)9(15-6,5-14-7)3-4-16(10,11)12/h2*3-4,7-9H,5-6H2,1-2H3,(H2,11,12,13);3,5-8H,2,4H2,1H3,(H2,11,12,13);2*2-3,6-8H,4-5H2,1H3,(H2,11,12,13);3-4,6-8H,5H2,1-2H3,(H2,10,11,12)/b2*4-3+;5-3+;2*3-2+;4-3+/t7?,8-,9+,10-;;6?,7-,8-,9-;;6-,7+,8?,9+;6-,7?,8+,9-/m1.1.10/s1. The Hall–Kier alpha value is -1.19. The Morgan fingerprint density at radius 2 is 0.822 bits per heavy atom. The number of hydrogen-bond donors (Lipinski definition) is 12. The monoisotopic (exact) mass is 1560 g/mol. The average molecular weight is 1560 g/mol. The highest BCUT2D eigenvalue weighted by Gasteiger charge is 2.61. The predicted octanol–water partition coefficient (Wildman–Crippen LogP) is 0.621. The van der Waals surface area contributed by atoms with E-state index in [1.165, 1.54) is 64.9 Å². The summed E-state index contributed by atoms with van der Waals surface area (Å²) < 4.78 is 164. The molecule has 36 nitrogen and oxygen atoms in total. The molecule has 101 heavy (non-hydrogen) atoms. The van der Waals surface area contributed by atoms with Crippen LogP contribution in [-0.4, -0.2) is 308 Å². The SMILES string of the molecule is COC1C2OCC1(/C=C/P(=O)(O)O)OCC2C.CO[C@@H]1C2OC[C@]1(/C=C/P(=O)(O)O)O[C@H]2C.CO[C@@H]1C[C@]2(/C=C/P(=O)(O)O)CO[C@H]1C(C)O2.[B]C1CC2OCC(/C=C/P(=O)(O)O)(O1)C2OC.[B]C1O[C@@]2(/C=C/P(=O)(O)O)CO[C@@H]1C[C@@H]2OC.[B][C@@H]1O[C@@]2(/C=C/P(=O)(O)O)CCOC1[C@H]2OC. The first kappa shape index (κ1) is 87.0. The molecule has 0 aromatic heterocycles. The summed E-state index contributed by atoms with van der Waals surface area (Å²) in [5.41, 5.74) is -5.43.